The molecule has 0 aliphatic carbocycles. The van der Waals surface area contributed by atoms with E-state index in [1.54, 1.807) is 0 Å². The highest BCUT2D eigenvalue weighted by Crippen LogP contribution is 2.28. The van der Waals surface area contributed by atoms with Crippen molar-refractivity contribution in [2.75, 3.05) is 7.05 Å². The maximum Gasteiger partial charge on any atom is 0.0343 e. The molecule has 0 aliphatic heterocycles. The molecule has 0 bridgehead atoms. The van der Waals surface area contributed by atoms with E-state index in [2.05, 4.69) is 57.8 Å². The number of aryl methyl sites for hydroxylation is 1. The zero-order valence-electron chi connectivity index (χ0n) is 10.9. The molecule has 0 fully saturated rings. The molecule has 1 aromatic rings. The number of hydrogen-bond acceptors (Lipinski definition) is 1. The molecular weight excluding hydrogens is 194 g/mol. The molecule has 86 valence electrons. The Hall–Kier alpha value is -1.50. The Bertz CT molecular complexity index is 435. The molecule has 1 N–H and O–H groups in total. The molecule has 1 aromatic carbocycles. The summed E-state index contributed by atoms with van der Waals surface area (Å²) >= 11 is 0. The Morgan fingerprint density at radius 3 is 2.31 bits per heavy atom. The predicted octanol–water partition coefficient (Wildman–Crippen LogP) is 3.83. The standard InChI is InChI=1S/C15H21N/c1-10(2)15(13(5)16-6)14-9-7-8-11(3)12(14)4/h7-9,16H,5H2,1-4,6H3. The van der Waals surface area contributed by atoms with Gasteiger partial charge in [-0.1, -0.05) is 30.4 Å². The summed E-state index contributed by atoms with van der Waals surface area (Å²) in [6, 6.07) is 6.40. The zero-order valence-corrected chi connectivity index (χ0v) is 10.9. The minimum absolute atomic E-state index is 0.980. The van der Waals surface area contributed by atoms with E-state index in [1.165, 1.54) is 27.8 Å². The van der Waals surface area contributed by atoms with Gasteiger partial charge in [-0.2, -0.15) is 0 Å². The first-order valence-electron chi connectivity index (χ1n) is 5.60. The van der Waals surface area contributed by atoms with Crippen LogP contribution in [0.4, 0.5) is 0 Å². The minimum atomic E-state index is 0.980. The van der Waals surface area contributed by atoms with Gasteiger partial charge in [0.1, 0.15) is 0 Å². The van der Waals surface area contributed by atoms with Crippen LogP contribution in [0.5, 0.6) is 0 Å². The quantitative estimate of drug-likeness (QED) is 0.756. The summed E-state index contributed by atoms with van der Waals surface area (Å²) in [5.74, 6) is 0. The van der Waals surface area contributed by atoms with Gasteiger partial charge in [-0.05, 0) is 44.4 Å². The SMILES string of the molecule is C=C(NC)C(=C(C)C)c1cccc(C)c1C. The molecular formula is C15H21N. The van der Waals surface area contributed by atoms with Gasteiger partial charge in [-0.25, -0.2) is 0 Å². The molecule has 0 aliphatic rings. The summed E-state index contributed by atoms with van der Waals surface area (Å²) in [7, 11) is 1.91. The second kappa shape index (κ2) is 5.02. The molecule has 1 rings (SSSR count). The van der Waals surface area contributed by atoms with Crippen LogP contribution in [-0.2, 0) is 0 Å². The van der Waals surface area contributed by atoms with Crippen molar-refractivity contribution in [1.29, 1.82) is 0 Å². The molecule has 0 saturated heterocycles. The lowest BCUT2D eigenvalue weighted by molar-refractivity contribution is 1.04. The van der Waals surface area contributed by atoms with Crippen LogP contribution in [0.2, 0.25) is 0 Å². The van der Waals surface area contributed by atoms with Gasteiger partial charge in [-0.3, -0.25) is 0 Å². The molecule has 1 heteroatoms. The molecule has 0 unspecified atom stereocenters. The summed E-state index contributed by atoms with van der Waals surface area (Å²) in [4.78, 5) is 0. The number of hydrogen-bond donors (Lipinski definition) is 1. The number of allylic oxidation sites excluding steroid dienone is 2. The third-order valence-electron chi connectivity index (χ3n) is 2.98. The van der Waals surface area contributed by atoms with Crippen molar-refractivity contribution in [3.8, 4) is 0 Å². The minimum Gasteiger partial charge on any atom is -0.388 e. The third-order valence-corrected chi connectivity index (χ3v) is 2.98. The maximum atomic E-state index is 4.07. The average molecular weight is 215 g/mol. The van der Waals surface area contributed by atoms with E-state index in [0.717, 1.165) is 5.70 Å². The van der Waals surface area contributed by atoms with Crippen LogP contribution in [-0.4, -0.2) is 7.05 Å². The molecule has 16 heavy (non-hydrogen) atoms. The van der Waals surface area contributed by atoms with Gasteiger partial charge < -0.3 is 5.32 Å². The van der Waals surface area contributed by atoms with E-state index in [0.29, 0.717) is 0 Å². The van der Waals surface area contributed by atoms with Crippen molar-refractivity contribution in [2.24, 2.45) is 0 Å². The molecule has 0 saturated carbocycles. The van der Waals surface area contributed by atoms with Crippen molar-refractivity contribution >= 4 is 5.57 Å². The molecule has 0 amide bonds. The lowest BCUT2D eigenvalue weighted by Gasteiger charge is -2.16. The van der Waals surface area contributed by atoms with E-state index in [9.17, 15) is 0 Å². The van der Waals surface area contributed by atoms with Crippen LogP contribution in [0, 0.1) is 13.8 Å². The van der Waals surface area contributed by atoms with E-state index in [-0.39, 0.29) is 0 Å². The average Bonchev–Trinajstić information content (AvgIpc) is 2.24. The lowest BCUT2D eigenvalue weighted by Crippen LogP contribution is -2.08. The molecule has 1 nitrogen and oxygen atoms in total. The maximum absolute atomic E-state index is 4.07. The first kappa shape index (κ1) is 12.6. The largest absolute Gasteiger partial charge is 0.388 e. The predicted molar refractivity (Wildman–Crippen MR) is 72.4 cm³/mol. The van der Waals surface area contributed by atoms with Gasteiger partial charge >= 0.3 is 0 Å². The summed E-state index contributed by atoms with van der Waals surface area (Å²) in [6.45, 7) is 12.6. The van der Waals surface area contributed by atoms with Gasteiger partial charge in [0.25, 0.3) is 0 Å². The van der Waals surface area contributed by atoms with Gasteiger partial charge in [0.05, 0.1) is 0 Å². The Balaban J connectivity index is 3.40. The van der Waals surface area contributed by atoms with Crippen molar-refractivity contribution in [2.45, 2.75) is 27.7 Å². The molecule has 0 atom stereocenters. The topological polar surface area (TPSA) is 12.0 Å². The number of nitrogens with one attached hydrogen (secondary N) is 1. The number of benzene rings is 1. The summed E-state index contributed by atoms with van der Waals surface area (Å²) in [5, 5.41) is 3.14. The summed E-state index contributed by atoms with van der Waals surface area (Å²) in [6.07, 6.45) is 0. The number of likely N-dealkylation sites (N-methyl/N-ethyl adjacent to an activating group) is 1. The summed E-state index contributed by atoms with van der Waals surface area (Å²) in [5.41, 5.74) is 7.42. The van der Waals surface area contributed by atoms with Crippen LogP contribution in [0.25, 0.3) is 5.57 Å². The van der Waals surface area contributed by atoms with E-state index < -0.39 is 0 Å². The first-order chi connectivity index (χ1) is 7.49. The van der Waals surface area contributed by atoms with E-state index in [1.807, 2.05) is 7.05 Å². The highest BCUT2D eigenvalue weighted by atomic mass is 14.8. The van der Waals surface area contributed by atoms with Crippen LogP contribution in [0.3, 0.4) is 0 Å². The Kier molecular flexibility index (Phi) is 3.94. The van der Waals surface area contributed by atoms with Crippen molar-refractivity contribution < 1.29 is 0 Å². The monoisotopic (exact) mass is 215 g/mol. The van der Waals surface area contributed by atoms with E-state index >= 15 is 0 Å². The Labute approximate surface area is 98.9 Å². The highest BCUT2D eigenvalue weighted by Gasteiger charge is 2.10. The lowest BCUT2D eigenvalue weighted by atomic mass is 9.92. The smallest absolute Gasteiger partial charge is 0.0343 e. The molecule has 0 aromatic heterocycles. The molecule has 0 spiro atoms. The van der Waals surface area contributed by atoms with E-state index in [4.69, 9.17) is 0 Å². The second-order valence-electron chi connectivity index (χ2n) is 4.35. The second-order valence-corrected chi connectivity index (χ2v) is 4.35. The Morgan fingerprint density at radius 1 is 1.19 bits per heavy atom. The van der Waals surface area contributed by atoms with Crippen molar-refractivity contribution in [3.05, 3.63) is 52.7 Å². The summed E-state index contributed by atoms with van der Waals surface area (Å²) < 4.78 is 0. The van der Waals surface area contributed by atoms with Crippen LogP contribution in [0.15, 0.2) is 36.0 Å². The molecule has 0 heterocycles. The third kappa shape index (κ3) is 2.35. The normalized spacial score (nSPS) is 9.81. The van der Waals surface area contributed by atoms with Gasteiger partial charge in [0.2, 0.25) is 0 Å². The fraction of sp³-hybridized carbons (Fsp3) is 0.333. The van der Waals surface area contributed by atoms with Crippen LogP contribution >= 0.6 is 0 Å². The Morgan fingerprint density at radius 2 is 1.81 bits per heavy atom. The van der Waals surface area contributed by atoms with Crippen molar-refractivity contribution in [1.82, 2.24) is 5.32 Å². The fourth-order valence-electron chi connectivity index (χ4n) is 1.88. The van der Waals surface area contributed by atoms with Crippen LogP contribution in [0.1, 0.15) is 30.5 Å². The van der Waals surface area contributed by atoms with Crippen LogP contribution < -0.4 is 5.32 Å². The van der Waals surface area contributed by atoms with Gasteiger partial charge in [0, 0.05) is 18.3 Å². The van der Waals surface area contributed by atoms with Gasteiger partial charge in [0.15, 0.2) is 0 Å². The van der Waals surface area contributed by atoms with Crippen molar-refractivity contribution in [3.63, 3.8) is 0 Å². The fourth-order valence-corrected chi connectivity index (χ4v) is 1.88. The highest BCUT2D eigenvalue weighted by molar-refractivity contribution is 5.81. The molecule has 0 radical (unpaired) electrons. The zero-order chi connectivity index (χ0) is 12.3. The first-order valence-corrected chi connectivity index (χ1v) is 5.60. The van der Waals surface area contributed by atoms with Gasteiger partial charge in [-0.15, -0.1) is 0 Å². The number of rotatable bonds is 3.